The van der Waals surface area contributed by atoms with Gasteiger partial charge in [-0.15, -0.1) is 0 Å². The minimum atomic E-state index is 0.0599. The van der Waals surface area contributed by atoms with Crippen LogP contribution in [0.1, 0.15) is 28.8 Å². The Balaban J connectivity index is 1.39. The highest BCUT2D eigenvalue weighted by Gasteiger charge is 2.41. The van der Waals surface area contributed by atoms with Crippen molar-refractivity contribution in [2.24, 2.45) is 5.92 Å². The van der Waals surface area contributed by atoms with E-state index < -0.39 is 0 Å². The van der Waals surface area contributed by atoms with E-state index in [0.717, 1.165) is 35.7 Å². The molecule has 3 aromatic rings. The van der Waals surface area contributed by atoms with Gasteiger partial charge in [0.25, 0.3) is 0 Å². The molecule has 2 aliphatic rings. The molecule has 2 atom stereocenters. The lowest BCUT2D eigenvalue weighted by molar-refractivity contribution is -0.0872. The molecule has 1 aromatic heterocycles. The highest BCUT2D eigenvalue weighted by Crippen LogP contribution is 2.35. The van der Waals surface area contributed by atoms with Crippen molar-refractivity contribution in [1.29, 1.82) is 0 Å². The molecule has 0 N–H and O–H groups in total. The molecular weight excluding hydrogens is 348 g/mol. The Hall–Kier alpha value is -2.56. The zero-order valence-electron chi connectivity index (χ0n) is 15.8. The van der Waals surface area contributed by atoms with Crippen LogP contribution in [0.4, 0.5) is 0 Å². The Morgan fingerprint density at radius 1 is 1.00 bits per heavy atom. The number of rotatable bonds is 4. The summed E-state index contributed by atoms with van der Waals surface area (Å²) in [5.74, 6) is 0.331. The molecule has 2 aliphatic heterocycles. The summed E-state index contributed by atoms with van der Waals surface area (Å²) in [6.07, 6.45) is 5.33. The number of benzene rings is 2. The lowest BCUT2D eigenvalue weighted by atomic mass is 9.79. The topological polar surface area (TPSA) is 42.4 Å². The largest absolute Gasteiger partial charge is 0.378 e. The first-order chi connectivity index (χ1) is 13.8. The Kier molecular flexibility index (Phi) is 4.67. The maximum atomic E-state index is 13.4. The second-order valence-electron chi connectivity index (χ2n) is 7.94. The summed E-state index contributed by atoms with van der Waals surface area (Å²) in [6.45, 7) is 2.36. The van der Waals surface area contributed by atoms with Crippen molar-refractivity contribution in [3.63, 3.8) is 0 Å². The van der Waals surface area contributed by atoms with Gasteiger partial charge in [-0.3, -0.25) is 14.7 Å². The smallest absolute Gasteiger partial charge is 0.166 e. The van der Waals surface area contributed by atoms with Gasteiger partial charge in [0.1, 0.15) is 0 Å². The van der Waals surface area contributed by atoms with Gasteiger partial charge in [0.05, 0.1) is 13.2 Å². The number of piperidine rings is 1. The number of ether oxygens (including phenoxy) is 1. The van der Waals surface area contributed by atoms with E-state index in [1.807, 2.05) is 30.5 Å². The van der Waals surface area contributed by atoms with Gasteiger partial charge in [-0.2, -0.15) is 0 Å². The minimum Gasteiger partial charge on any atom is -0.378 e. The highest BCUT2D eigenvalue weighted by atomic mass is 16.5. The van der Waals surface area contributed by atoms with Gasteiger partial charge in [0.15, 0.2) is 5.78 Å². The number of morpholine rings is 1. The third-order valence-electron chi connectivity index (χ3n) is 6.20. The number of carbonyl (C=O) groups excluding carboxylic acids is 1. The summed E-state index contributed by atoms with van der Waals surface area (Å²) < 4.78 is 5.85. The predicted octanol–water partition coefficient (Wildman–Crippen LogP) is 4.10. The summed E-state index contributed by atoms with van der Waals surface area (Å²) in [4.78, 5) is 20.2. The fourth-order valence-electron chi connectivity index (χ4n) is 4.81. The van der Waals surface area contributed by atoms with Crippen LogP contribution in [0.5, 0.6) is 0 Å². The third kappa shape index (κ3) is 3.23. The highest BCUT2D eigenvalue weighted by molar-refractivity contribution is 6.09. The molecule has 5 rings (SSSR count). The van der Waals surface area contributed by atoms with Crippen LogP contribution in [0.25, 0.3) is 10.8 Å². The summed E-state index contributed by atoms with van der Waals surface area (Å²) in [7, 11) is 0. The molecule has 4 heteroatoms. The van der Waals surface area contributed by atoms with Crippen LogP contribution >= 0.6 is 0 Å². The Bertz CT molecular complexity index is 969. The fourth-order valence-corrected chi connectivity index (χ4v) is 4.81. The van der Waals surface area contributed by atoms with Crippen molar-refractivity contribution in [3.8, 4) is 0 Å². The van der Waals surface area contributed by atoms with E-state index in [2.05, 4.69) is 40.2 Å². The Morgan fingerprint density at radius 2 is 1.79 bits per heavy atom. The molecule has 0 amide bonds. The minimum absolute atomic E-state index is 0.0599. The Labute approximate surface area is 165 Å². The predicted molar refractivity (Wildman–Crippen MR) is 109 cm³/mol. The maximum Gasteiger partial charge on any atom is 0.166 e. The molecule has 2 fully saturated rings. The molecule has 2 bridgehead atoms. The molecule has 2 saturated heterocycles. The third-order valence-corrected chi connectivity index (χ3v) is 6.20. The van der Waals surface area contributed by atoms with Gasteiger partial charge >= 0.3 is 0 Å². The number of fused-ring (bicyclic) bond motifs is 3. The van der Waals surface area contributed by atoms with Crippen molar-refractivity contribution < 1.29 is 9.53 Å². The lowest BCUT2D eigenvalue weighted by Crippen LogP contribution is -2.57. The summed E-state index contributed by atoms with van der Waals surface area (Å²) in [5, 5.41) is 2.04. The van der Waals surface area contributed by atoms with Crippen LogP contribution in [0.3, 0.4) is 0 Å². The van der Waals surface area contributed by atoms with E-state index >= 15 is 0 Å². The molecule has 2 unspecified atom stereocenters. The first kappa shape index (κ1) is 17.5. The van der Waals surface area contributed by atoms with Gasteiger partial charge in [-0.05, 0) is 29.9 Å². The quantitative estimate of drug-likeness (QED) is 0.647. The fraction of sp³-hybridized carbons (Fsp3) is 0.333. The molecule has 28 heavy (non-hydrogen) atoms. The van der Waals surface area contributed by atoms with Crippen LogP contribution in [0.2, 0.25) is 0 Å². The molecule has 142 valence electrons. The number of hydrogen-bond donors (Lipinski definition) is 0. The number of Topliss-reactive ketones (excluding diaryl/α,β-unsaturated/α-hetero) is 1. The van der Waals surface area contributed by atoms with Crippen LogP contribution in [-0.2, 0) is 11.3 Å². The van der Waals surface area contributed by atoms with Crippen molar-refractivity contribution in [1.82, 2.24) is 9.88 Å². The van der Waals surface area contributed by atoms with Crippen LogP contribution < -0.4 is 0 Å². The van der Waals surface area contributed by atoms with E-state index in [9.17, 15) is 4.79 Å². The monoisotopic (exact) mass is 372 g/mol. The molecule has 0 spiro atoms. The normalized spacial score (nSPS) is 24.9. The number of nitrogens with zero attached hydrogens (tertiary/aromatic N) is 2. The number of aromatic nitrogens is 1. The molecule has 4 nitrogen and oxygen atoms in total. The number of carbonyl (C=O) groups is 1. The first-order valence-electron chi connectivity index (χ1n) is 10.0. The van der Waals surface area contributed by atoms with E-state index in [-0.39, 0.29) is 11.7 Å². The van der Waals surface area contributed by atoms with E-state index in [0.29, 0.717) is 25.3 Å². The summed E-state index contributed by atoms with van der Waals surface area (Å²) >= 11 is 0. The van der Waals surface area contributed by atoms with Gasteiger partial charge in [0.2, 0.25) is 0 Å². The summed E-state index contributed by atoms with van der Waals surface area (Å²) in [6, 6.07) is 19.1. The molecule has 2 aromatic carbocycles. The van der Waals surface area contributed by atoms with Crippen molar-refractivity contribution in [2.45, 2.75) is 31.5 Å². The molecule has 3 heterocycles. The van der Waals surface area contributed by atoms with Crippen molar-refractivity contribution in [2.75, 3.05) is 13.2 Å². The summed E-state index contributed by atoms with van der Waals surface area (Å²) in [5.41, 5.74) is 2.16. The molecule has 0 aliphatic carbocycles. The maximum absolute atomic E-state index is 13.4. The van der Waals surface area contributed by atoms with Gasteiger partial charge in [0, 0.05) is 47.9 Å². The van der Waals surface area contributed by atoms with Crippen LogP contribution in [-0.4, -0.2) is 41.0 Å². The van der Waals surface area contributed by atoms with E-state index in [1.165, 1.54) is 5.56 Å². The van der Waals surface area contributed by atoms with Crippen molar-refractivity contribution in [3.05, 3.63) is 78.1 Å². The second-order valence-corrected chi connectivity index (χ2v) is 7.94. The molecular formula is C24H24N2O2. The van der Waals surface area contributed by atoms with E-state index in [4.69, 9.17) is 4.74 Å². The average molecular weight is 372 g/mol. The SMILES string of the molecule is O=C(c1cccc2cnccc12)C1CC2COCC(C1)N2Cc1ccccc1. The van der Waals surface area contributed by atoms with Crippen LogP contribution in [0, 0.1) is 5.92 Å². The van der Waals surface area contributed by atoms with Gasteiger partial charge in [-0.25, -0.2) is 0 Å². The number of pyridine rings is 1. The standard InChI is InChI=1S/C24H24N2O2/c27-24(23-8-4-7-18-13-25-10-9-22(18)23)19-11-20-15-28-16-21(12-19)26(20)14-17-5-2-1-3-6-17/h1-10,13,19-21H,11-12,14-16H2. The second kappa shape index (κ2) is 7.46. The number of hydrogen-bond acceptors (Lipinski definition) is 4. The number of ketones is 1. The lowest BCUT2D eigenvalue weighted by Gasteiger charge is -2.48. The average Bonchev–Trinajstić information content (AvgIpc) is 2.73. The van der Waals surface area contributed by atoms with Gasteiger partial charge < -0.3 is 4.74 Å². The van der Waals surface area contributed by atoms with Gasteiger partial charge in [-0.1, -0.05) is 48.5 Å². The zero-order valence-corrected chi connectivity index (χ0v) is 15.8. The first-order valence-corrected chi connectivity index (χ1v) is 10.0. The van der Waals surface area contributed by atoms with Crippen LogP contribution in [0.15, 0.2) is 67.0 Å². The van der Waals surface area contributed by atoms with E-state index in [1.54, 1.807) is 6.20 Å². The molecule has 0 saturated carbocycles. The zero-order chi connectivity index (χ0) is 18.9. The van der Waals surface area contributed by atoms with Crippen molar-refractivity contribution >= 4 is 16.6 Å². The Morgan fingerprint density at radius 3 is 2.57 bits per heavy atom. The molecule has 0 radical (unpaired) electrons.